The van der Waals surface area contributed by atoms with Crippen LogP contribution in [0.15, 0.2) is 41.8 Å². The van der Waals surface area contributed by atoms with Gasteiger partial charge in [-0.3, -0.25) is 4.79 Å². The molecule has 0 fully saturated rings. The Kier molecular flexibility index (Phi) is 5.61. The van der Waals surface area contributed by atoms with Gasteiger partial charge in [0.1, 0.15) is 11.5 Å². The Hall–Kier alpha value is -2.27. The Bertz CT molecular complexity index is 650. The number of carbonyl (C=O) groups is 1. The topological polar surface area (TPSA) is 47.6 Å². The Labute approximate surface area is 134 Å². The number of hydrogen-bond acceptors (Lipinski definition) is 4. The standard InChI is InChI=1S/C17H19NO3S/c1-12(15-11-13(20-2)6-8-16(15)21-3)18-17(19)9-7-14-5-4-10-22-14/h4-12H,1-3H3,(H,18,19)/b9-7+. The molecule has 0 bridgehead atoms. The minimum absolute atomic E-state index is 0.147. The molecule has 0 radical (unpaired) electrons. The van der Waals surface area contributed by atoms with Crippen molar-refractivity contribution in [3.8, 4) is 11.5 Å². The fourth-order valence-corrected chi connectivity index (χ4v) is 2.68. The highest BCUT2D eigenvalue weighted by Crippen LogP contribution is 2.29. The molecular formula is C17H19NO3S. The fraction of sp³-hybridized carbons (Fsp3) is 0.235. The fourth-order valence-electron chi connectivity index (χ4n) is 2.06. The van der Waals surface area contributed by atoms with Gasteiger partial charge in [-0.15, -0.1) is 11.3 Å². The molecule has 0 saturated heterocycles. The monoisotopic (exact) mass is 317 g/mol. The van der Waals surface area contributed by atoms with Crippen LogP contribution in [0.3, 0.4) is 0 Å². The molecule has 1 heterocycles. The van der Waals surface area contributed by atoms with E-state index in [1.807, 2.05) is 42.6 Å². The van der Waals surface area contributed by atoms with Crippen LogP contribution < -0.4 is 14.8 Å². The maximum atomic E-state index is 12.0. The van der Waals surface area contributed by atoms with Gasteiger partial charge in [-0.05, 0) is 42.6 Å². The van der Waals surface area contributed by atoms with E-state index in [0.717, 1.165) is 21.9 Å². The second-order valence-corrected chi connectivity index (χ2v) is 5.67. The van der Waals surface area contributed by atoms with Gasteiger partial charge in [0.2, 0.25) is 5.91 Å². The summed E-state index contributed by atoms with van der Waals surface area (Å²) in [5.41, 5.74) is 0.875. The average molecular weight is 317 g/mol. The molecule has 116 valence electrons. The molecule has 1 unspecified atom stereocenters. The summed E-state index contributed by atoms with van der Waals surface area (Å²) in [5.74, 6) is 1.30. The van der Waals surface area contributed by atoms with Crippen LogP contribution in [0.2, 0.25) is 0 Å². The van der Waals surface area contributed by atoms with Gasteiger partial charge in [0.05, 0.1) is 20.3 Å². The molecule has 1 N–H and O–H groups in total. The molecule has 1 atom stereocenters. The maximum absolute atomic E-state index is 12.0. The van der Waals surface area contributed by atoms with Crippen LogP contribution in [0.1, 0.15) is 23.4 Å². The van der Waals surface area contributed by atoms with E-state index < -0.39 is 0 Å². The molecular weight excluding hydrogens is 298 g/mol. The zero-order chi connectivity index (χ0) is 15.9. The Morgan fingerprint density at radius 1 is 1.27 bits per heavy atom. The van der Waals surface area contributed by atoms with Crippen LogP contribution in [-0.2, 0) is 4.79 Å². The Balaban J connectivity index is 2.08. The van der Waals surface area contributed by atoms with Crippen molar-refractivity contribution in [2.75, 3.05) is 14.2 Å². The third-order valence-electron chi connectivity index (χ3n) is 3.20. The summed E-state index contributed by atoms with van der Waals surface area (Å²) in [6.45, 7) is 1.91. The van der Waals surface area contributed by atoms with E-state index in [2.05, 4.69) is 5.32 Å². The van der Waals surface area contributed by atoms with Crippen LogP contribution in [0.25, 0.3) is 6.08 Å². The summed E-state index contributed by atoms with van der Waals surface area (Å²) >= 11 is 1.59. The quantitative estimate of drug-likeness (QED) is 0.827. The van der Waals surface area contributed by atoms with Crippen LogP contribution >= 0.6 is 11.3 Å². The number of amides is 1. The zero-order valence-electron chi connectivity index (χ0n) is 12.8. The van der Waals surface area contributed by atoms with Crippen molar-refractivity contribution in [1.29, 1.82) is 0 Å². The van der Waals surface area contributed by atoms with Crippen molar-refractivity contribution in [3.63, 3.8) is 0 Å². The van der Waals surface area contributed by atoms with E-state index in [4.69, 9.17) is 9.47 Å². The number of thiophene rings is 1. The molecule has 0 saturated carbocycles. The molecule has 2 aromatic rings. The molecule has 4 nitrogen and oxygen atoms in total. The number of nitrogens with one attached hydrogen (secondary N) is 1. The number of ether oxygens (including phenoxy) is 2. The minimum atomic E-state index is -0.189. The first-order chi connectivity index (χ1) is 10.6. The van der Waals surface area contributed by atoms with E-state index in [1.54, 1.807) is 31.6 Å². The van der Waals surface area contributed by atoms with Crippen molar-refractivity contribution >= 4 is 23.3 Å². The predicted octanol–water partition coefficient (Wildman–Crippen LogP) is 3.66. The molecule has 0 aliphatic rings. The number of carbonyl (C=O) groups excluding carboxylic acids is 1. The lowest BCUT2D eigenvalue weighted by molar-refractivity contribution is -0.117. The van der Waals surface area contributed by atoms with E-state index in [-0.39, 0.29) is 11.9 Å². The van der Waals surface area contributed by atoms with Gasteiger partial charge >= 0.3 is 0 Å². The number of methoxy groups -OCH3 is 2. The molecule has 0 spiro atoms. The first-order valence-electron chi connectivity index (χ1n) is 6.88. The number of rotatable bonds is 6. The van der Waals surface area contributed by atoms with Gasteiger partial charge in [-0.1, -0.05) is 6.07 Å². The van der Waals surface area contributed by atoms with Gasteiger partial charge < -0.3 is 14.8 Å². The highest BCUT2D eigenvalue weighted by atomic mass is 32.1. The van der Waals surface area contributed by atoms with Gasteiger partial charge in [0, 0.05) is 16.5 Å². The van der Waals surface area contributed by atoms with Crippen LogP contribution in [0, 0.1) is 0 Å². The summed E-state index contributed by atoms with van der Waals surface area (Å²) in [6, 6.07) is 9.25. The van der Waals surface area contributed by atoms with Crippen molar-refractivity contribution in [2.24, 2.45) is 0 Å². The number of benzene rings is 1. The summed E-state index contributed by atoms with van der Waals surface area (Å²) in [6.07, 6.45) is 3.34. The Morgan fingerprint density at radius 3 is 2.73 bits per heavy atom. The van der Waals surface area contributed by atoms with Gasteiger partial charge in [-0.25, -0.2) is 0 Å². The Morgan fingerprint density at radius 2 is 2.09 bits per heavy atom. The molecule has 0 aliphatic carbocycles. The lowest BCUT2D eigenvalue weighted by Crippen LogP contribution is -2.25. The van der Waals surface area contributed by atoms with Crippen molar-refractivity contribution in [2.45, 2.75) is 13.0 Å². The van der Waals surface area contributed by atoms with Gasteiger partial charge in [-0.2, -0.15) is 0 Å². The second-order valence-electron chi connectivity index (χ2n) is 4.69. The minimum Gasteiger partial charge on any atom is -0.497 e. The molecule has 1 aromatic heterocycles. The number of hydrogen-bond donors (Lipinski definition) is 1. The molecule has 2 rings (SSSR count). The maximum Gasteiger partial charge on any atom is 0.244 e. The van der Waals surface area contributed by atoms with E-state index >= 15 is 0 Å². The summed E-state index contributed by atoms with van der Waals surface area (Å²) in [5, 5.41) is 4.90. The molecule has 1 amide bonds. The van der Waals surface area contributed by atoms with Gasteiger partial charge in [0.15, 0.2) is 0 Å². The lowest BCUT2D eigenvalue weighted by Gasteiger charge is -2.17. The first kappa shape index (κ1) is 16.1. The summed E-state index contributed by atoms with van der Waals surface area (Å²) < 4.78 is 10.6. The van der Waals surface area contributed by atoms with Crippen molar-refractivity contribution in [1.82, 2.24) is 5.32 Å². The van der Waals surface area contributed by atoms with Crippen LogP contribution in [0.4, 0.5) is 0 Å². The van der Waals surface area contributed by atoms with Gasteiger partial charge in [0.25, 0.3) is 0 Å². The van der Waals surface area contributed by atoms with Crippen LogP contribution in [-0.4, -0.2) is 20.1 Å². The van der Waals surface area contributed by atoms with Crippen molar-refractivity contribution in [3.05, 3.63) is 52.2 Å². The average Bonchev–Trinajstić information content (AvgIpc) is 3.05. The summed E-state index contributed by atoms with van der Waals surface area (Å²) in [4.78, 5) is 13.1. The lowest BCUT2D eigenvalue weighted by atomic mass is 10.1. The molecule has 0 aliphatic heterocycles. The van der Waals surface area contributed by atoms with Crippen LogP contribution in [0.5, 0.6) is 11.5 Å². The predicted molar refractivity (Wildman–Crippen MR) is 89.5 cm³/mol. The smallest absolute Gasteiger partial charge is 0.244 e. The van der Waals surface area contributed by atoms with Crippen molar-refractivity contribution < 1.29 is 14.3 Å². The summed E-state index contributed by atoms with van der Waals surface area (Å²) in [7, 11) is 3.22. The zero-order valence-corrected chi connectivity index (χ0v) is 13.6. The largest absolute Gasteiger partial charge is 0.497 e. The molecule has 22 heavy (non-hydrogen) atoms. The third kappa shape index (κ3) is 4.11. The molecule has 5 heteroatoms. The van der Waals surface area contributed by atoms with E-state index in [9.17, 15) is 4.79 Å². The first-order valence-corrected chi connectivity index (χ1v) is 7.76. The molecule has 1 aromatic carbocycles. The van der Waals surface area contributed by atoms with E-state index in [0.29, 0.717) is 0 Å². The SMILES string of the molecule is COc1ccc(OC)c(C(C)NC(=O)/C=C/c2cccs2)c1. The highest BCUT2D eigenvalue weighted by molar-refractivity contribution is 7.10. The second kappa shape index (κ2) is 7.66. The normalized spacial score (nSPS) is 12.1. The highest BCUT2D eigenvalue weighted by Gasteiger charge is 2.14. The van der Waals surface area contributed by atoms with E-state index in [1.165, 1.54) is 6.08 Å². The third-order valence-corrected chi connectivity index (χ3v) is 4.04.